The fourth-order valence-electron chi connectivity index (χ4n) is 4.19. The lowest BCUT2D eigenvalue weighted by molar-refractivity contribution is -0.0203. The van der Waals surface area contributed by atoms with E-state index in [-0.39, 0.29) is 6.10 Å². The first kappa shape index (κ1) is 19.1. The third-order valence-corrected chi connectivity index (χ3v) is 5.67. The molecule has 2 saturated heterocycles. The van der Waals surface area contributed by atoms with E-state index in [0.717, 1.165) is 63.0 Å². The zero-order chi connectivity index (χ0) is 19.5. The van der Waals surface area contributed by atoms with Gasteiger partial charge in [0.25, 0.3) is 0 Å². The van der Waals surface area contributed by atoms with Crippen LogP contribution in [0.15, 0.2) is 16.8 Å². The van der Waals surface area contributed by atoms with Crippen molar-refractivity contribution in [1.82, 2.24) is 20.1 Å². The minimum Gasteiger partial charge on any atom is -0.376 e. The lowest BCUT2D eigenvalue weighted by Gasteiger charge is -2.35. The smallest absolute Gasteiger partial charge is 0.229 e. The first-order valence-corrected chi connectivity index (χ1v) is 10.4. The molecule has 2 atom stereocenters. The molecule has 0 aromatic carbocycles. The molecular weight excluding hydrogens is 356 g/mol. The van der Waals surface area contributed by atoms with Gasteiger partial charge in [-0.25, -0.2) is 4.98 Å². The van der Waals surface area contributed by atoms with E-state index in [1.54, 1.807) is 0 Å². The maximum Gasteiger partial charge on any atom is 0.229 e. The van der Waals surface area contributed by atoms with Crippen LogP contribution in [0.5, 0.6) is 0 Å². The Bertz CT molecular complexity index is 772. The van der Waals surface area contributed by atoms with Crippen molar-refractivity contribution in [1.29, 1.82) is 0 Å². The molecule has 2 aliphatic rings. The van der Waals surface area contributed by atoms with Gasteiger partial charge in [-0.1, -0.05) is 19.0 Å². The SMILES string of the molecule is Cc1noc(C2CCN(c3nccc(N[C@@H]4CCCO[C@@H]4C(C)C)n3)CC2)n1. The highest BCUT2D eigenvalue weighted by atomic mass is 16.5. The van der Waals surface area contributed by atoms with E-state index in [4.69, 9.17) is 14.2 Å². The Morgan fingerprint density at radius 3 is 2.71 bits per heavy atom. The van der Waals surface area contributed by atoms with Crippen molar-refractivity contribution in [3.63, 3.8) is 0 Å². The Kier molecular flexibility index (Phi) is 5.75. The highest BCUT2D eigenvalue weighted by Gasteiger charge is 2.29. The Hall–Kier alpha value is -2.22. The van der Waals surface area contributed by atoms with Crippen molar-refractivity contribution < 1.29 is 9.26 Å². The van der Waals surface area contributed by atoms with Gasteiger partial charge in [0.15, 0.2) is 5.82 Å². The molecule has 4 heterocycles. The maximum absolute atomic E-state index is 5.99. The number of ether oxygens (including phenoxy) is 1. The van der Waals surface area contributed by atoms with Gasteiger partial charge >= 0.3 is 0 Å². The van der Waals surface area contributed by atoms with Gasteiger partial charge in [-0.05, 0) is 44.6 Å². The second-order valence-corrected chi connectivity index (χ2v) is 8.16. The number of rotatable bonds is 5. The minimum atomic E-state index is 0.223. The zero-order valence-corrected chi connectivity index (χ0v) is 17.0. The van der Waals surface area contributed by atoms with E-state index in [2.05, 4.69) is 39.2 Å². The van der Waals surface area contributed by atoms with Gasteiger partial charge in [0.2, 0.25) is 11.8 Å². The molecule has 2 aromatic rings. The van der Waals surface area contributed by atoms with Crippen LogP contribution in [-0.4, -0.2) is 52.0 Å². The Morgan fingerprint density at radius 2 is 2.00 bits per heavy atom. The molecule has 2 aromatic heterocycles. The molecule has 1 N–H and O–H groups in total. The molecule has 0 bridgehead atoms. The quantitative estimate of drug-likeness (QED) is 0.838. The summed E-state index contributed by atoms with van der Waals surface area (Å²) in [6.07, 6.45) is 6.19. The average molecular weight is 387 g/mol. The van der Waals surface area contributed by atoms with Gasteiger partial charge in [0.05, 0.1) is 12.1 Å². The molecule has 4 rings (SSSR count). The van der Waals surface area contributed by atoms with Crippen LogP contribution in [0.1, 0.15) is 57.2 Å². The second kappa shape index (κ2) is 8.43. The first-order chi connectivity index (χ1) is 13.6. The summed E-state index contributed by atoms with van der Waals surface area (Å²) < 4.78 is 11.3. The molecule has 152 valence electrons. The predicted molar refractivity (Wildman–Crippen MR) is 106 cm³/mol. The molecule has 0 aliphatic carbocycles. The van der Waals surface area contributed by atoms with Crippen LogP contribution in [0, 0.1) is 12.8 Å². The first-order valence-electron chi connectivity index (χ1n) is 10.4. The fourth-order valence-corrected chi connectivity index (χ4v) is 4.19. The van der Waals surface area contributed by atoms with Gasteiger partial charge in [0.1, 0.15) is 5.82 Å². The summed E-state index contributed by atoms with van der Waals surface area (Å²) in [6.45, 7) is 8.91. The number of nitrogens with one attached hydrogen (secondary N) is 1. The standard InChI is InChI=1S/C20H30N6O2/c1-13(2)18-16(5-4-12-27-18)23-17-6-9-21-20(24-17)26-10-7-15(8-11-26)19-22-14(3)25-28-19/h6,9,13,15-16,18H,4-5,7-8,10-12H2,1-3H3,(H,21,23,24)/t16-,18-/m1/s1. The van der Waals surface area contributed by atoms with Crippen molar-refractivity contribution in [3.05, 3.63) is 24.0 Å². The third-order valence-electron chi connectivity index (χ3n) is 5.67. The topological polar surface area (TPSA) is 89.2 Å². The number of piperidine rings is 1. The molecule has 0 unspecified atom stereocenters. The number of hydrogen-bond acceptors (Lipinski definition) is 8. The highest BCUT2D eigenvalue weighted by molar-refractivity contribution is 5.42. The van der Waals surface area contributed by atoms with Gasteiger partial charge < -0.3 is 19.5 Å². The summed E-state index contributed by atoms with van der Waals surface area (Å²) in [7, 11) is 0. The molecule has 8 nitrogen and oxygen atoms in total. The summed E-state index contributed by atoms with van der Waals surface area (Å²) in [5.41, 5.74) is 0. The second-order valence-electron chi connectivity index (χ2n) is 8.16. The number of nitrogens with zero attached hydrogens (tertiary/aromatic N) is 5. The van der Waals surface area contributed by atoms with E-state index >= 15 is 0 Å². The Labute approximate surface area is 166 Å². The summed E-state index contributed by atoms with van der Waals surface area (Å²) >= 11 is 0. The van der Waals surface area contributed by atoms with Crippen molar-refractivity contribution in [2.45, 2.75) is 64.5 Å². The van der Waals surface area contributed by atoms with Crippen molar-refractivity contribution >= 4 is 11.8 Å². The zero-order valence-electron chi connectivity index (χ0n) is 17.0. The van der Waals surface area contributed by atoms with Crippen LogP contribution in [0.3, 0.4) is 0 Å². The van der Waals surface area contributed by atoms with Crippen LogP contribution in [0.4, 0.5) is 11.8 Å². The summed E-state index contributed by atoms with van der Waals surface area (Å²) in [5, 5.41) is 7.50. The molecule has 8 heteroatoms. The van der Waals surface area contributed by atoms with E-state index in [1.165, 1.54) is 0 Å². The van der Waals surface area contributed by atoms with Crippen molar-refractivity contribution in [3.8, 4) is 0 Å². The van der Waals surface area contributed by atoms with Crippen LogP contribution in [-0.2, 0) is 4.74 Å². The normalized spacial score (nSPS) is 23.9. The number of aromatic nitrogens is 4. The van der Waals surface area contributed by atoms with Crippen molar-refractivity contribution in [2.75, 3.05) is 29.9 Å². The average Bonchev–Trinajstić information content (AvgIpc) is 3.15. The molecule has 0 radical (unpaired) electrons. The van der Waals surface area contributed by atoms with E-state index < -0.39 is 0 Å². The van der Waals surface area contributed by atoms with E-state index in [0.29, 0.717) is 23.7 Å². The molecule has 0 spiro atoms. The highest BCUT2D eigenvalue weighted by Crippen LogP contribution is 2.29. The van der Waals surface area contributed by atoms with Crippen LogP contribution < -0.4 is 10.2 Å². The number of anilines is 2. The molecule has 28 heavy (non-hydrogen) atoms. The van der Waals surface area contributed by atoms with E-state index in [9.17, 15) is 0 Å². The Balaban J connectivity index is 1.39. The summed E-state index contributed by atoms with van der Waals surface area (Å²) in [6, 6.07) is 2.24. The van der Waals surface area contributed by atoms with Crippen molar-refractivity contribution in [2.24, 2.45) is 5.92 Å². The molecule has 0 saturated carbocycles. The van der Waals surface area contributed by atoms with Crippen LogP contribution >= 0.6 is 0 Å². The minimum absolute atomic E-state index is 0.223. The number of aryl methyl sites for hydroxylation is 1. The van der Waals surface area contributed by atoms with Crippen LogP contribution in [0.25, 0.3) is 0 Å². The molecule has 2 fully saturated rings. The lowest BCUT2D eigenvalue weighted by atomic mass is 9.94. The van der Waals surface area contributed by atoms with Gasteiger partial charge in [-0.3, -0.25) is 0 Å². The Morgan fingerprint density at radius 1 is 1.18 bits per heavy atom. The fraction of sp³-hybridized carbons (Fsp3) is 0.700. The largest absolute Gasteiger partial charge is 0.376 e. The third kappa shape index (κ3) is 4.27. The molecule has 0 amide bonds. The van der Waals surface area contributed by atoms with Gasteiger partial charge in [0, 0.05) is 31.8 Å². The van der Waals surface area contributed by atoms with E-state index in [1.807, 2.05) is 19.2 Å². The van der Waals surface area contributed by atoms with Crippen LogP contribution in [0.2, 0.25) is 0 Å². The lowest BCUT2D eigenvalue weighted by Crippen LogP contribution is -2.43. The number of hydrogen-bond donors (Lipinski definition) is 1. The molecular formula is C20H30N6O2. The van der Waals surface area contributed by atoms with Gasteiger partial charge in [-0.15, -0.1) is 0 Å². The predicted octanol–water partition coefficient (Wildman–Crippen LogP) is 3.17. The summed E-state index contributed by atoms with van der Waals surface area (Å²) in [5.74, 6) is 3.91. The summed E-state index contributed by atoms with van der Waals surface area (Å²) in [4.78, 5) is 15.9. The molecule has 2 aliphatic heterocycles. The van der Waals surface area contributed by atoms with Gasteiger partial charge in [-0.2, -0.15) is 9.97 Å². The monoisotopic (exact) mass is 386 g/mol. The maximum atomic E-state index is 5.99.